The highest BCUT2D eigenvalue weighted by Gasteiger charge is 2.26. The van der Waals surface area contributed by atoms with Gasteiger partial charge in [0.15, 0.2) is 0 Å². The molecule has 1 aliphatic carbocycles. The second-order valence-electron chi connectivity index (χ2n) is 8.18. The second-order valence-corrected chi connectivity index (χ2v) is 9.30. The Morgan fingerprint density at radius 3 is 2.48 bits per heavy atom. The van der Waals surface area contributed by atoms with Crippen molar-refractivity contribution in [1.82, 2.24) is 5.32 Å². The summed E-state index contributed by atoms with van der Waals surface area (Å²) in [7, 11) is 0. The van der Waals surface area contributed by atoms with E-state index in [0.717, 1.165) is 5.69 Å². The van der Waals surface area contributed by atoms with Crippen LogP contribution in [0.1, 0.15) is 59.8 Å². The van der Waals surface area contributed by atoms with Gasteiger partial charge in [-0.05, 0) is 60.5 Å². The fourth-order valence-electron chi connectivity index (χ4n) is 4.33. The number of hydrogen-bond donors (Lipinski definition) is 3. The van der Waals surface area contributed by atoms with E-state index < -0.39 is 5.97 Å². The summed E-state index contributed by atoms with van der Waals surface area (Å²) in [6.07, 6.45) is 6.27. The Morgan fingerprint density at radius 1 is 1.03 bits per heavy atom. The average Bonchev–Trinajstić information content (AvgIpc) is 3.22. The van der Waals surface area contributed by atoms with Gasteiger partial charge in [-0.2, -0.15) is 0 Å². The molecule has 0 aliphatic heterocycles. The molecule has 1 atom stereocenters. The van der Waals surface area contributed by atoms with Crippen molar-refractivity contribution in [3.63, 3.8) is 0 Å². The van der Waals surface area contributed by atoms with E-state index in [4.69, 9.17) is 5.11 Å². The number of carbonyl (C=O) groups is 2. The fraction of sp³-hybridized carbons (Fsp3) is 0.360. The van der Waals surface area contributed by atoms with Crippen molar-refractivity contribution in [3.8, 4) is 0 Å². The highest BCUT2D eigenvalue weighted by molar-refractivity contribution is 7.19. The van der Waals surface area contributed by atoms with Crippen LogP contribution in [0.5, 0.6) is 0 Å². The first-order valence-electron chi connectivity index (χ1n) is 11.0. The molecule has 0 bridgehead atoms. The van der Waals surface area contributed by atoms with E-state index in [-0.39, 0.29) is 24.9 Å². The maximum absolute atomic E-state index is 12.2. The lowest BCUT2D eigenvalue weighted by atomic mass is 9.83. The van der Waals surface area contributed by atoms with Crippen LogP contribution in [0.3, 0.4) is 0 Å². The zero-order chi connectivity index (χ0) is 21.6. The molecule has 0 saturated heterocycles. The summed E-state index contributed by atoms with van der Waals surface area (Å²) in [4.78, 5) is 24.2. The van der Waals surface area contributed by atoms with E-state index in [1.165, 1.54) is 47.1 Å². The highest BCUT2D eigenvalue weighted by atomic mass is 32.1. The number of benzene rings is 2. The molecule has 1 aromatic heterocycles. The zero-order valence-corrected chi connectivity index (χ0v) is 18.3. The maximum atomic E-state index is 12.2. The number of aliphatic carboxylic acids is 1. The third-order valence-corrected chi connectivity index (χ3v) is 7.17. The Balaban J connectivity index is 1.50. The molecule has 162 valence electrons. The number of nitrogens with one attached hydrogen (secondary N) is 2. The van der Waals surface area contributed by atoms with Crippen LogP contribution in [-0.2, 0) is 4.79 Å². The SMILES string of the molecule is O=C(O)CCNC(=O)c1ccc(NC(c2cc3ccccc3s2)C2CCCCC2)cc1. The Kier molecular flexibility index (Phi) is 6.87. The van der Waals surface area contributed by atoms with E-state index in [9.17, 15) is 9.59 Å². The molecule has 1 unspecified atom stereocenters. The van der Waals surface area contributed by atoms with Gasteiger partial charge in [0.1, 0.15) is 0 Å². The lowest BCUT2D eigenvalue weighted by Gasteiger charge is -2.31. The number of carbonyl (C=O) groups excluding carboxylic acids is 1. The van der Waals surface area contributed by atoms with Gasteiger partial charge in [0.25, 0.3) is 5.91 Å². The van der Waals surface area contributed by atoms with Crippen molar-refractivity contribution in [2.24, 2.45) is 5.92 Å². The monoisotopic (exact) mass is 436 g/mol. The minimum absolute atomic E-state index is 0.0797. The minimum Gasteiger partial charge on any atom is -0.481 e. The number of carboxylic acid groups (broad SMARTS) is 1. The molecule has 4 rings (SSSR count). The van der Waals surface area contributed by atoms with Crippen LogP contribution in [-0.4, -0.2) is 23.5 Å². The van der Waals surface area contributed by atoms with Gasteiger partial charge in [-0.25, -0.2) is 0 Å². The summed E-state index contributed by atoms with van der Waals surface area (Å²) >= 11 is 1.86. The molecule has 5 nitrogen and oxygen atoms in total. The van der Waals surface area contributed by atoms with E-state index in [2.05, 4.69) is 41.0 Å². The third kappa shape index (κ3) is 5.44. The lowest BCUT2D eigenvalue weighted by Crippen LogP contribution is -2.26. The number of fused-ring (bicyclic) bond motifs is 1. The van der Waals surface area contributed by atoms with Crippen LogP contribution >= 0.6 is 11.3 Å². The van der Waals surface area contributed by atoms with E-state index in [0.29, 0.717) is 11.5 Å². The molecule has 1 aliphatic rings. The van der Waals surface area contributed by atoms with Crippen molar-refractivity contribution in [2.75, 3.05) is 11.9 Å². The number of anilines is 1. The van der Waals surface area contributed by atoms with E-state index in [1.54, 1.807) is 12.1 Å². The van der Waals surface area contributed by atoms with Crippen LogP contribution in [0.25, 0.3) is 10.1 Å². The predicted octanol–water partition coefficient (Wildman–Crippen LogP) is 5.84. The van der Waals surface area contributed by atoms with Crippen molar-refractivity contribution in [3.05, 3.63) is 65.0 Å². The van der Waals surface area contributed by atoms with Gasteiger partial charge in [0, 0.05) is 27.4 Å². The molecule has 3 N–H and O–H groups in total. The largest absolute Gasteiger partial charge is 0.481 e. The minimum atomic E-state index is -0.921. The third-order valence-electron chi connectivity index (χ3n) is 5.97. The lowest BCUT2D eigenvalue weighted by molar-refractivity contribution is -0.136. The molecule has 1 saturated carbocycles. The molecule has 0 radical (unpaired) electrons. The van der Waals surface area contributed by atoms with Crippen LogP contribution in [0, 0.1) is 5.92 Å². The van der Waals surface area contributed by atoms with Crippen molar-refractivity contribution in [1.29, 1.82) is 0 Å². The van der Waals surface area contributed by atoms with Gasteiger partial charge < -0.3 is 15.7 Å². The summed E-state index contributed by atoms with van der Waals surface area (Å²) in [6, 6.07) is 18.6. The van der Waals surface area contributed by atoms with E-state index in [1.807, 2.05) is 23.5 Å². The zero-order valence-electron chi connectivity index (χ0n) is 17.5. The van der Waals surface area contributed by atoms with Crippen molar-refractivity contribution >= 4 is 39.0 Å². The smallest absolute Gasteiger partial charge is 0.305 e. The molecule has 0 spiro atoms. The van der Waals surface area contributed by atoms with Gasteiger partial charge in [0.2, 0.25) is 0 Å². The van der Waals surface area contributed by atoms with Crippen molar-refractivity contribution in [2.45, 2.75) is 44.6 Å². The number of carboxylic acids is 1. The quantitative estimate of drug-likeness (QED) is 0.414. The first-order valence-corrected chi connectivity index (χ1v) is 11.8. The summed E-state index contributed by atoms with van der Waals surface area (Å²) in [5.74, 6) is -0.572. The standard InChI is InChI=1S/C25H28N2O3S/c28-23(29)14-15-26-25(30)18-10-12-20(13-11-18)27-24(17-6-2-1-3-7-17)22-16-19-8-4-5-9-21(19)31-22/h4-5,8-13,16-17,24,27H,1-3,6-7,14-15H2,(H,26,30)(H,28,29). The molecule has 3 aromatic rings. The number of thiophene rings is 1. The molecular formula is C25H28N2O3S. The number of rotatable bonds is 8. The number of amides is 1. The van der Waals surface area contributed by atoms with Gasteiger partial charge in [-0.15, -0.1) is 11.3 Å². The summed E-state index contributed by atoms with van der Waals surface area (Å²) in [5, 5.41) is 16.4. The van der Waals surface area contributed by atoms with Crippen LogP contribution in [0.2, 0.25) is 0 Å². The topological polar surface area (TPSA) is 78.4 Å². The Morgan fingerprint density at radius 2 is 1.77 bits per heavy atom. The molecule has 6 heteroatoms. The first-order chi connectivity index (χ1) is 15.1. The highest BCUT2D eigenvalue weighted by Crippen LogP contribution is 2.41. The molecule has 1 fully saturated rings. The summed E-state index contributed by atoms with van der Waals surface area (Å²) in [5.41, 5.74) is 1.53. The van der Waals surface area contributed by atoms with Gasteiger partial charge in [0.05, 0.1) is 12.5 Å². The Bertz CT molecular complexity index is 1010. The average molecular weight is 437 g/mol. The van der Waals surface area contributed by atoms with E-state index >= 15 is 0 Å². The normalized spacial score (nSPS) is 15.5. The second kappa shape index (κ2) is 9.96. The van der Waals surface area contributed by atoms with Crippen molar-refractivity contribution < 1.29 is 14.7 Å². The van der Waals surface area contributed by atoms with Crippen LogP contribution in [0.15, 0.2) is 54.6 Å². The van der Waals surface area contributed by atoms with Gasteiger partial charge in [-0.1, -0.05) is 37.5 Å². The van der Waals surface area contributed by atoms with Gasteiger partial charge in [-0.3, -0.25) is 9.59 Å². The fourth-order valence-corrected chi connectivity index (χ4v) is 5.54. The molecule has 31 heavy (non-hydrogen) atoms. The Hall–Kier alpha value is -2.86. The van der Waals surface area contributed by atoms with Crippen LogP contribution < -0.4 is 10.6 Å². The van der Waals surface area contributed by atoms with Gasteiger partial charge >= 0.3 is 5.97 Å². The molecule has 1 amide bonds. The maximum Gasteiger partial charge on any atom is 0.305 e. The molecule has 1 heterocycles. The number of hydrogen-bond acceptors (Lipinski definition) is 4. The molecule has 2 aromatic carbocycles. The summed E-state index contributed by atoms with van der Waals surface area (Å²) < 4.78 is 1.31. The van der Waals surface area contributed by atoms with Crippen LogP contribution in [0.4, 0.5) is 5.69 Å². The Labute approximate surface area is 186 Å². The summed E-state index contributed by atoms with van der Waals surface area (Å²) in [6.45, 7) is 0.129. The predicted molar refractivity (Wildman–Crippen MR) is 126 cm³/mol. The first kappa shape index (κ1) is 21.4. The molecular weight excluding hydrogens is 408 g/mol.